The molecule has 4 aromatic rings. The summed E-state index contributed by atoms with van der Waals surface area (Å²) in [6.07, 6.45) is 3.69. The van der Waals surface area contributed by atoms with E-state index in [1.54, 1.807) is 18.3 Å². The number of carbonyl (C=O) groups is 1. The van der Waals surface area contributed by atoms with Crippen LogP contribution in [0.3, 0.4) is 0 Å². The van der Waals surface area contributed by atoms with Gasteiger partial charge >= 0.3 is 6.03 Å². The van der Waals surface area contributed by atoms with Crippen molar-refractivity contribution in [3.63, 3.8) is 0 Å². The lowest BCUT2D eigenvalue weighted by Crippen LogP contribution is -2.28. The zero-order valence-corrected chi connectivity index (χ0v) is 17.4. The maximum Gasteiger partial charge on any atom is 0.319 e. The van der Waals surface area contributed by atoms with Gasteiger partial charge in [0.15, 0.2) is 5.82 Å². The lowest BCUT2D eigenvalue weighted by molar-refractivity contribution is 0.251. The van der Waals surface area contributed by atoms with E-state index < -0.39 is 0 Å². The third-order valence-electron chi connectivity index (χ3n) is 4.73. The molecule has 8 nitrogen and oxygen atoms in total. The van der Waals surface area contributed by atoms with Gasteiger partial charge in [-0.3, -0.25) is 4.68 Å². The fourth-order valence-corrected chi connectivity index (χ4v) is 2.98. The zero-order valence-electron chi connectivity index (χ0n) is 17.4. The molecule has 0 atom stereocenters. The molecular formula is C23H24N6O2. The summed E-state index contributed by atoms with van der Waals surface area (Å²) in [6.45, 7) is 5.18. The number of nitrogens with zero attached hydrogens (tertiary/aromatic N) is 4. The monoisotopic (exact) mass is 416 g/mol. The highest BCUT2D eigenvalue weighted by Gasteiger charge is 2.11. The van der Waals surface area contributed by atoms with Gasteiger partial charge in [0.2, 0.25) is 0 Å². The van der Waals surface area contributed by atoms with E-state index in [-0.39, 0.29) is 11.9 Å². The smallest absolute Gasteiger partial charge is 0.319 e. The average Bonchev–Trinajstić information content (AvgIpc) is 3.46. The first-order valence-electron chi connectivity index (χ1n) is 10.1. The van der Waals surface area contributed by atoms with Crippen molar-refractivity contribution in [3.05, 3.63) is 83.9 Å². The maximum absolute atomic E-state index is 12.2. The summed E-state index contributed by atoms with van der Waals surface area (Å²) in [6, 6.07) is 17.0. The molecule has 0 aliphatic heterocycles. The Morgan fingerprint density at radius 3 is 2.45 bits per heavy atom. The molecule has 2 aromatic carbocycles. The van der Waals surface area contributed by atoms with E-state index in [1.165, 1.54) is 0 Å². The molecule has 0 saturated heterocycles. The Hall–Kier alpha value is -3.94. The Morgan fingerprint density at radius 2 is 1.81 bits per heavy atom. The molecule has 0 aliphatic rings. The highest BCUT2D eigenvalue weighted by molar-refractivity contribution is 5.89. The van der Waals surface area contributed by atoms with Gasteiger partial charge < -0.3 is 15.2 Å². The van der Waals surface area contributed by atoms with Crippen molar-refractivity contribution in [3.8, 4) is 11.5 Å². The Kier molecular flexibility index (Phi) is 6.07. The van der Waals surface area contributed by atoms with E-state index in [1.807, 2.05) is 67.2 Å². The van der Waals surface area contributed by atoms with Gasteiger partial charge in [-0.25, -0.2) is 4.79 Å². The van der Waals surface area contributed by atoms with Gasteiger partial charge in [-0.1, -0.05) is 43.3 Å². The fourth-order valence-electron chi connectivity index (χ4n) is 2.98. The SMILES string of the molecule is CC(C)c1noc(-c2ccc(NC(=O)NCc3ccc(Cn4cccn4)cc3)cc2)n1. The minimum absolute atomic E-state index is 0.203. The summed E-state index contributed by atoms with van der Waals surface area (Å²) >= 11 is 0. The van der Waals surface area contributed by atoms with Gasteiger partial charge in [0.05, 0.1) is 6.54 Å². The summed E-state index contributed by atoms with van der Waals surface area (Å²) in [5.41, 5.74) is 3.66. The largest absolute Gasteiger partial charge is 0.334 e. The molecular weight excluding hydrogens is 392 g/mol. The Morgan fingerprint density at radius 1 is 1.06 bits per heavy atom. The molecule has 0 unspecified atom stereocenters. The van der Waals surface area contributed by atoms with E-state index >= 15 is 0 Å². The molecule has 0 saturated carbocycles. The molecule has 4 rings (SSSR count). The molecule has 0 aliphatic carbocycles. The first-order valence-corrected chi connectivity index (χ1v) is 10.1. The number of hydrogen-bond donors (Lipinski definition) is 2. The van der Waals surface area contributed by atoms with Crippen LogP contribution in [0, 0.1) is 0 Å². The normalized spacial score (nSPS) is 10.9. The lowest BCUT2D eigenvalue weighted by atomic mass is 10.1. The molecule has 2 N–H and O–H groups in total. The number of hydrogen-bond acceptors (Lipinski definition) is 5. The number of rotatable bonds is 7. The summed E-state index contributed by atoms with van der Waals surface area (Å²) < 4.78 is 7.16. The van der Waals surface area contributed by atoms with Crippen molar-refractivity contribution in [2.24, 2.45) is 0 Å². The molecule has 8 heteroatoms. The van der Waals surface area contributed by atoms with E-state index in [2.05, 4.69) is 25.9 Å². The summed E-state index contributed by atoms with van der Waals surface area (Å²) in [7, 11) is 0. The highest BCUT2D eigenvalue weighted by atomic mass is 16.5. The topological polar surface area (TPSA) is 97.9 Å². The highest BCUT2D eigenvalue weighted by Crippen LogP contribution is 2.21. The van der Waals surface area contributed by atoms with Crippen molar-refractivity contribution in [2.75, 3.05) is 5.32 Å². The number of nitrogens with one attached hydrogen (secondary N) is 2. The van der Waals surface area contributed by atoms with Crippen LogP contribution in [0.25, 0.3) is 11.5 Å². The molecule has 2 amide bonds. The van der Waals surface area contributed by atoms with Gasteiger partial charge in [0.1, 0.15) is 0 Å². The van der Waals surface area contributed by atoms with Gasteiger partial charge in [0, 0.05) is 36.1 Å². The first-order chi connectivity index (χ1) is 15.1. The van der Waals surface area contributed by atoms with Crippen molar-refractivity contribution in [1.29, 1.82) is 0 Å². The number of carbonyl (C=O) groups excluding carboxylic acids is 1. The number of amides is 2. The molecule has 158 valence electrons. The third-order valence-corrected chi connectivity index (χ3v) is 4.73. The lowest BCUT2D eigenvalue weighted by Gasteiger charge is -2.09. The Balaban J connectivity index is 1.27. The minimum Gasteiger partial charge on any atom is -0.334 e. The predicted molar refractivity (Wildman–Crippen MR) is 117 cm³/mol. The third kappa shape index (κ3) is 5.36. The van der Waals surface area contributed by atoms with E-state index in [9.17, 15) is 4.79 Å². The molecule has 0 spiro atoms. The summed E-state index contributed by atoms with van der Waals surface area (Å²) in [4.78, 5) is 16.6. The van der Waals surface area contributed by atoms with E-state index in [0.29, 0.717) is 23.9 Å². The predicted octanol–water partition coefficient (Wildman–Crippen LogP) is 4.43. The zero-order chi connectivity index (χ0) is 21.6. The second-order valence-corrected chi connectivity index (χ2v) is 7.52. The van der Waals surface area contributed by atoms with Crippen LogP contribution in [0.5, 0.6) is 0 Å². The van der Waals surface area contributed by atoms with Crippen molar-refractivity contribution < 1.29 is 9.32 Å². The Bertz CT molecular complexity index is 1120. The van der Waals surface area contributed by atoms with Gasteiger partial charge in [-0.15, -0.1) is 0 Å². The van der Waals surface area contributed by atoms with E-state index in [4.69, 9.17) is 4.52 Å². The molecule has 31 heavy (non-hydrogen) atoms. The minimum atomic E-state index is -0.270. The molecule has 0 radical (unpaired) electrons. The van der Waals surface area contributed by atoms with Crippen LogP contribution >= 0.6 is 0 Å². The van der Waals surface area contributed by atoms with Crippen molar-refractivity contribution >= 4 is 11.7 Å². The van der Waals surface area contributed by atoms with Gasteiger partial charge in [0.25, 0.3) is 5.89 Å². The number of urea groups is 1. The van der Waals surface area contributed by atoms with E-state index in [0.717, 1.165) is 23.2 Å². The number of anilines is 1. The van der Waals surface area contributed by atoms with Crippen LogP contribution < -0.4 is 10.6 Å². The quantitative estimate of drug-likeness (QED) is 0.465. The Labute approximate surface area is 180 Å². The van der Waals surface area contributed by atoms with Crippen LogP contribution in [0.2, 0.25) is 0 Å². The van der Waals surface area contributed by atoms with Crippen LogP contribution in [-0.2, 0) is 13.1 Å². The standard InChI is InChI=1S/C23H24N6O2/c1-16(2)21-27-22(31-28-21)19-8-10-20(11-9-19)26-23(30)24-14-17-4-6-18(7-5-17)15-29-13-3-12-25-29/h3-13,16H,14-15H2,1-2H3,(H2,24,26,30). The number of aromatic nitrogens is 4. The first kappa shape index (κ1) is 20.3. The average molecular weight is 416 g/mol. The van der Waals surface area contributed by atoms with Crippen LogP contribution in [0.1, 0.15) is 36.7 Å². The summed E-state index contributed by atoms with van der Waals surface area (Å²) in [5.74, 6) is 1.34. The fraction of sp³-hybridized carbons (Fsp3) is 0.217. The van der Waals surface area contributed by atoms with Crippen LogP contribution in [0.15, 0.2) is 71.5 Å². The molecule has 2 aromatic heterocycles. The van der Waals surface area contributed by atoms with Gasteiger partial charge in [-0.05, 0) is 41.5 Å². The van der Waals surface area contributed by atoms with Gasteiger partial charge in [-0.2, -0.15) is 10.1 Å². The molecule has 0 bridgehead atoms. The summed E-state index contributed by atoms with van der Waals surface area (Å²) in [5, 5.41) is 13.9. The van der Waals surface area contributed by atoms with Crippen LogP contribution in [-0.4, -0.2) is 26.0 Å². The molecule has 0 fully saturated rings. The van der Waals surface area contributed by atoms with Crippen molar-refractivity contribution in [1.82, 2.24) is 25.2 Å². The molecule has 2 heterocycles. The maximum atomic E-state index is 12.2. The number of benzene rings is 2. The second-order valence-electron chi connectivity index (χ2n) is 7.52. The van der Waals surface area contributed by atoms with Crippen molar-refractivity contribution in [2.45, 2.75) is 32.9 Å². The second kappa shape index (κ2) is 9.25. The van der Waals surface area contributed by atoms with Crippen LogP contribution in [0.4, 0.5) is 10.5 Å².